The fraction of sp³-hybridized carbons (Fsp3) is 1.00. The maximum atomic E-state index is 12.5. The molecule has 2 heterocycles. The molecule has 0 amide bonds. The second-order valence-corrected chi connectivity index (χ2v) is 6.47. The van der Waals surface area contributed by atoms with Gasteiger partial charge in [-0.2, -0.15) is 0 Å². The van der Waals surface area contributed by atoms with Gasteiger partial charge in [-0.25, -0.2) is 4.39 Å². The molecule has 0 unspecified atom stereocenters. The van der Waals surface area contributed by atoms with Crippen LogP contribution in [0, 0.1) is 5.92 Å². The average Bonchev–Trinajstić information content (AvgIpc) is 2.41. The molecule has 0 aromatic carbocycles. The van der Waals surface area contributed by atoms with Crippen molar-refractivity contribution in [1.82, 2.24) is 9.80 Å². The lowest BCUT2D eigenvalue weighted by Crippen LogP contribution is -2.42. The minimum absolute atomic E-state index is 0.305. The van der Waals surface area contributed by atoms with Gasteiger partial charge >= 0.3 is 0 Å². The maximum Gasteiger partial charge on any atom is 0.143 e. The van der Waals surface area contributed by atoms with Crippen molar-refractivity contribution in [2.24, 2.45) is 5.92 Å². The number of piperidine rings is 2. The molecule has 2 aliphatic rings. The van der Waals surface area contributed by atoms with Crippen molar-refractivity contribution in [2.45, 2.75) is 51.7 Å². The van der Waals surface area contributed by atoms with Crippen molar-refractivity contribution < 1.29 is 9.13 Å². The Morgan fingerprint density at radius 2 is 1.42 bits per heavy atom. The zero-order valence-corrected chi connectivity index (χ0v) is 12.5. The van der Waals surface area contributed by atoms with Crippen molar-refractivity contribution in [1.29, 1.82) is 0 Å². The van der Waals surface area contributed by atoms with E-state index < -0.39 is 0 Å². The summed E-state index contributed by atoms with van der Waals surface area (Å²) in [6, 6.07) is 0. The van der Waals surface area contributed by atoms with Gasteiger partial charge in [-0.15, -0.1) is 0 Å². The molecule has 0 aromatic rings. The molecule has 0 bridgehead atoms. The third-order valence-corrected chi connectivity index (χ3v) is 4.25. The summed E-state index contributed by atoms with van der Waals surface area (Å²) >= 11 is 0. The fourth-order valence-electron chi connectivity index (χ4n) is 3.18. The molecule has 0 aliphatic carbocycles. The van der Waals surface area contributed by atoms with Crippen LogP contribution in [-0.4, -0.2) is 61.5 Å². The van der Waals surface area contributed by atoms with Gasteiger partial charge in [-0.3, -0.25) is 4.90 Å². The molecule has 2 aliphatic heterocycles. The number of nitrogens with zero attached hydrogens (tertiary/aromatic N) is 2. The predicted octanol–water partition coefficient (Wildman–Crippen LogP) is 2.51. The van der Waals surface area contributed by atoms with E-state index in [1.54, 1.807) is 0 Å². The second kappa shape index (κ2) is 7.55. The van der Waals surface area contributed by atoms with E-state index in [0.29, 0.717) is 12.2 Å². The molecule has 0 N–H and O–H groups in total. The predicted molar refractivity (Wildman–Crippen MR) is 76.0 cm³/mol. The van der Waals surface area contributed by atoms with Gasteiger partial charge in [-0.1, -0.05) is 13.8 Å². The summed E-state index contributed by atoms with van der Waals surface area (Å²) in [5.41, 5.74) is 0. The molecule has 0 aromatic heterocycles. The Morgan fingerprint density at radius 1 is 0.947 bits per heavy atom. The molecule has 2 rings (SSSR count). The third kappa shape index (κ3) is 5.01. The lowest BCUT2D eigenvalue weighted by atomic mass is 10.0. The summed E-state index contributed by atoms with van der Waals surface area (Å²) in [5, 5.41) is 0. The average molecular weight is 272 g/mol. The Kier molecular flexibility index (Phi) is 6.05. The highest BCUT2D eigenvalue weighted by molar-refractivity contribution is 4.77. The monoisotopic (exact) mass is 272 g/mol. The van der Waals surface area contributed by atoms with E-state index in [1.165, 1.54) is 19.6 Å². The topological polar surface area (TPSA) is 15.7 Å². The second-order valence-electron chi connectivity index (χ2n) is 6.47. The van der Waals surface area contributed by atoms with Crippen LogP contribution in [-0.2, 0) is 4.74 Å². The van der Waals surface area contributed by atoms with Gasteiger partial charge in [0.05, 0.1) is 12.2 Å². The summed E-state index contributed by atoms with van der Waals surface area (Å²) in [5.74, 6) is 0.752. The van der Waals surface area contributed by atoms with Crippen LogP contribution in [0.1, 0.15) is 39.5 Å². The van der Waals surface area contributed by atoms with Crippen LogP contribution in [0.4, 0.5) is 4.39 Å². The van der Waals surface area contributed by atoms with Crippen LogP contribution in [0.3, 0.4) is 0 Å². The largest absolute Gasteiger partial charge is 0.375 e. The molecule has 19 heavy (non-hydrogen) atoms. The van der Waals surface area contributed by atoms with Crippen LogP contribution >= 0.6 is 0 Å². The number of hydrogen-bond acceptors (Lipinski definition) is 3. The number of hydrogen-bond donors (Lipinski definition) is 0. The Morgan fingerprint density at radius 3 is 1.84 bits per heavy atom. The molecule has 2 fully saturated rings. The van der Waals surface area contributed by atoms with Crippen molar-refractivity contribution in [2.75, 3.05) is 39.5 Å². The van der Waals surface area contributed by atoms with Crippen molar-refractivity contribution in [3.8, 4) is 0 Å². The van der Waals surface area contributed by atoms with Crippen molar-refractivity contribution in [3.63, 3.8) is 0 Å². The number of likely N-dealkylation sites (tertiary alicyclic amines) is 2. The Balaban J connectivity index is 1.63. The first-order valence-electron chi connectivity index (χ1n) is 7.83. The van der Waals surface area contributed by atoms with E-state index >= 15 is 0 Å². The van der Waals surface area contributed by atoms with Gasteiger partial charge in [0.25, 0.3) is 0 Å². The zero-order valence-electron chi connectivity index (χ0n) is 12.5. The molecule has 0 spiro atoms. The van der Waals surface area contributed by atoms with Crippen molar-refractivity contribution in [3.05, 3.63) is 0 Å². The van der Waals surface area contributed by atoms with Gasteiger partial charge in [0.15, 0.2) is 0 Å². The lowest BCUT2D eigenvalue weighted by Gasteiger charge is -2.37. The Bertz CT molecular complexity index is 247. The molecule has 112 valence electrons. The normalized spacial score (nSPS) is 25.3. The minimum atomic E-state index is -0.305. The molecule has 0 radical (unpaired) electrons. The summed E-state index contributed by atoms with van der Waals surface area (Å²) < 4.78 is 18.7. The van der Waals surface area contributed by atoms with E-state index in [2.05, 4.69) is 18.7 Å². The summed E-state index contributed by atoms with van der Waals surface area (Å²) in [7, 11) is 0. The highest BCUT2D eigenvalue weighted by Crippen LogP contribution is 2.21. The molecule has 2 saturated heterocycles. The highest BCUT2D eigenvalue weighted by Gasteiger charge is 2.25. The molecule has 0 atom stereocenters. The fourth-order valence-corrected chi connectivity index (χ4v) is 3.18. The Hall–Kier alpha value is -0.190. The number of ether oxygens (including phenoxy) is 1. The van der Waals surface area contributed by atoms with Crippen LogP contribution in [0.5, 0.6) is 0 Å². The standard InChI is InChI=1S/C15H29FN2O/c1-13(2)11-17-7-3-14(4-8-17)19-15-5-9-18(12-16)10-6-15/h13-15H,3-12H2,1-2H3. The minimum Gasteiger partial charge on any atom is -0.375 e. The zero-order chi connectivity index (χ0) is 13.7. The van der Waals surface area contributed by atoms with Gasteiger partial charge in [0.1, 0.15) is 6.80 Å². The van der Waals surface area contributed by atoms with E-state index in [1.807, 2.05) is 4.90 Å². The van der Waals surface area contributed by atoms with Gasteiger partial charge < -0.3 is 9.64 Å². The molecular weight excluding hydrogens is 243 g/mol. The molecule has 4 heteroatoms. The first-order chi connectivity index (χ1) is 9.17. The Labute approximate surface area is 117 Å². The van der Waals surface area contributed by atoms with Crippen LogP contribution in [0.15, 0.2) is 0 Å². The first kappa shape index (κ1) is 15.2. The lowest BCUT2D eigenvalue weighted by molar-refractivity contribution is -0.0686. The SMILES string of the molecule is CC(C)CN1CCC(OC2CCN(CF)CC2)CC1. The molecule has 0 saturated carbocycles. The number of alkyl halides is 1. The number of rotatable bonds is 5. The molecular formula is C15H29FN2O. The quantitative estimate of drug-likeness (QED) is 0.715. The van der Waals surface area contributed by atoms with E-state index in [-0.39, 0.29) is 6.80 Å². The highest BCUT2D eigenvalue weighted by atomic mass is 19.1. The van der Waals surface area contributed by atoms with E-state index in [9.17, 15) is 4.39 Å². The summed E-state index contributed by atoms with van der Waals surface area (Å²) in [6.07, 6.45) is 5.12. The van der Waals surface area contributed by atoms with Gasteiger partial charge in [0, 0.05) is 32.7 Å². The van der Waals surface area contributed by atoms with E-state index in [0.717, 1.165) is 44.7 Å². The summed E-state index contributed by atoms with van der Waals surface area (Å²) in [4.78, 5) is 4.42. The first-order valence-corrected chi connectivity index (χ1v) is 7.83. The van der Waals surface area contributed by atoms with Gasteiger partial charge in [0.2, 0.25) is 0 Å². The number of halogens is 1. The van der Waals surface area contributed by atoms with Crippen molar-refractivity contribution >= 4 is 0 Å². The summed E-state index contributed by atoms with van der Waals surface area (Å²) in [6.45, 7) is 9.52. The third-order valence-electron chi connectivity index (χ3n) is 4.25. The van der Waals surface area contributed by atoms with Gasteiger partial charge in [-0.05, 0) is 31.6 Å². The van der Waals surface area contributed by atoms with Crippen LogP contribution < -0.4 is 0 Å². The maximum absolute atomic E-state index is 12.5. The van der Waals surface area contributed by atoms with Crippen LogP contribution in [0.25, 0.3) is 0 Å². The molecule has 3 nitrogen and oxygen atoms in total. The van der Waals surface area contributed by atoms with Crippen LogP contribution in [0.2, 0.25) is 0 Å². The van der Waals surface area contributed by atoms with E-state index in [4.69, 9.17) is 4.74 Å². The smallest absolute Gasteiger partial charge is 0.143 e.